The number of aryl methyl sites for hydroxylation is 2. The van der Waals surface area contributed by atoms with Crippen LogP contribution in [0.25, 0.3) is 5.69 Å². The van der Waals surface area contributed by atoms with Crippen molar-refractivity contribution in [3.05, 3.63) is 82.1 Å². The Morgan fingerprint density at radius 3 is 2.36 bits per heavy atom. The molecular weight excluding hydrogens is 346 g/mol. The molecule has 0 saturated carbocycles. The van der Waals surface area contributed by atoms with Gasteiger partial charge in [-0.25, -0.2) is 8.78 Å². The molecule has 2 aromatic carbocycles. The molecule has 1 amide bonds. The maximum Gasteiger partial charge on any atom is 0.257 e. The number of nitrogens with one attached hydrogen (secondary N) is 1. The van der Waals surface area contributed by atoms with Crippen molar-refractivity contribution < 1.29 is 13.6 Å². The quantitative estimate of drug-likeness (QED) is 0.677. The summed E-state index contributed by atoms with van der Waals surface area (Å²) in [5, 5.41) is 2.58. The lowest BCUT2D eigenvalue weighted by Gasteiger charge is -2.13. The van der Waals surface area contributed by atoms with Gasteiger partial charge in [0, 0.05) is 23.1 Å². The Morgan fingerprint density at radius 2 is 1.68 bits per heavy atom. The summed E-state index contributed by atoms with van der Waals surface area (Å²) in [5.74, 6) is -1.98. The highest BCUT2D eigenvalue weighted by molar-refractivity contribution is 6.34. The van der Waals surface area contributed by atoms with Gasteiger partial charge in [-0.15, -0.1) is 0 Å². The average Bonchev–Trinajstić information content (AvgIpc) is 2.90. The van der Waals surface area contributed by atoms with Crippen LogP contribution in [-0.2, 0) is 0 Å². The van der Waals surface area contributed by atoms with Crippen molar-refractivity contribution in [3.63, 3.8) is 0 Å². The second-order valence-corrected chi connectivity index (χ2v) is 6.10. The first kappa shape index (κ1) is 17.2. The van der Waals surface area contributed by atoms with Crippen LogP contribution >= 0.6 is 11.6 Å². The minimum absolute atomic E-state index is 0.176. The minimum atomic E-state index is -0.723. The summed E-state index contributed by atoms with van der Waals surface area (Å²) in [6.07, 6.45) is 0. The zero-order valence-corrected chi connectivity index (χ0v) is 14.4. The van der Waals surface area contributed by atoms with Crippen LogP contribution in [0.15, 0.2) is 48.5 Å². The van der Waals surface area contributed by atoms with E-state index < -0.39 is 17.5 Å². The van der Waals surface area contributed by atoms with Gasteiger partial charge < -0.3 is 9.88 Å². The van der Waals surface area contributed by atoms with Gasteiger partial charge in [0.2, 0.25) is 0 Å². The number of amides is 1. The zero-order valence-electron chi connectivity index (χ0n) is 13.6. The van der Waals surface area contributed by atoms with Crippen LogP contribution in [0.4, 0.5) is 14.5 Å². The van der Waals surface area contributed by atoms with Crippen molar-refractivity contribution in [2.24, 2.45) is 0 Å². The molecule has 0 unspecified atom stereocenters. The SMILES string of the molecule is Cc1ccc(C)n1-c1ccc(Cl)c(C(=O)Nc2cc(F)ccc2F)c1. The van der Waals surface area contributed by atoms with E-state index in [1.165, 1.54) is 0 Å². The molecule has 0 saturated heterocycles. The fourth-order valence-corrected chi connectivity index (χ4v) is 2.89. The monoisotopic (exact) mass is 360 g/mol. The molecule has 1 heterocycles. The number of rotatable bonds is 3. The van der Waals surface area contributed by atoms with E-state index in [9.17, 15) is 13.6 Å². The molecule has 0 bridgehead atoms. The van der Waals surface area contributed by atoms with E-state index in [0.29, 0.717) is 0 Å². The topological polar surface area (TPSA) is 34.0 Å². The molecule has 0 fully saturated rings. The highest BCUT2D eigenvalue weighted by Gasteiger charge is 2.15. The number of hydrogen-bond acceptors (Lipinski definition) is 1. The van der Waals surface area contributed by atoms with Crippen LogP contribution < -0.4 is 5.32 Å². The lowest BCUT2D eigenvalue weighted by Crippen LogP contribution is -2.14. The van der Waals surface area contributed by atoms with Crippen molar-refractivity contribution in [2.75, 3.05) is 5.32 Å². The van der Waals surface area contributed by atoms with E-state index in [2.05, 4.69) is 5.32 Å². The van der Waals surface area contributed by atoms with Gasteiger partial charge in [0.05, 0.1) is 16.3 Å². The maximum atomic E-state index is 13.7. The number of anilines is 1. The molecule has 0 radical (unpaired) electrons. The summed E-state index contributed by atoms with van der Waals surface area (Å²) in [6, 6.07) is 11.8. The Bertz CT molecular complexity index is 947. The predicted molar refractivity (Wildman–Crippen MR) is 94.6 cm³/mol. The summed E-state index contributed by atoms with van der Waals surface area (Å²) in [5.41, 5.74) is 2.70. The minimum Gasteiger partial charge on any atom is -0.319 e. The van der Waals surface area contributed by atoms with E-state index in [1.807, 2.05) is 30.5 Å². The molecule has 6 heteroatoms. The Morgan fingerprint density at radius 1 is 1.00 bits per heavy atom. The highest BCUT2D eigenvalue weighted by atomic mass is 35.5. The standard InChI is InChI=1S/C19H15ClF2N2O/c1-11-3-4-12(2)24(11)14-6-7-16(20)15(10-14)19(25)23-18-9-13(21)5-8-17(18)22/h3-10H,1-2H3,(H,23,25). The van der Waals surface area contributed by atoms with Crippen molar-refractivity contribution in [2.45, 2.75) is 13.8 Å². The summed E-state index contributed by atoms with van der Waals surface area (Å²) in [4.78, 5) is 12.5. The van der Waals surface area contributed by atoms with E-state index in [1.54, 1.807) is 18.2 Å². The third kappa shape index (κ3) is 3.42. The molecule has 128 valence electrons. The van der Waals surface area contributed by atoms with Gasteiger partial charge in [0.15, 0.2) is 0 Å². The largest absolute Gasteiger partial charge is 0.319 e. The van der Waals surface area contributed by atoms with E-state index in [-0.39, 0.29) is 16.3 Å². The van der Waals surface area contributed by atoms with Crippen molar-refractivity contribution in [3.8, 4) is 5.69 Å². The van der Waals surface area contributed by atoms with Gasteiger partial charge in [-0.05, 0) is 56.3 Å². The molecular formula is C19H15ClF2N2O. The Kier molecular flexibility index (Phi) is 4.59. The molecule has 0 aliphatic heterocycles. The number of halogens is 3. The van der Waals surface area contributed by atoms with Crippen LogP contribution in [0.3, 0.4) is 0 Å². The first-order valence-corrected chi connectivity index (χ1v) is 7.96. The Balaban J connectivity index is 1.98. The summed E-state index contributed by atoms with van der Waals surface area (Å²) >= 11 is 6.13. The third-order valence-corrected chi connectivity index (χ3v) is 4.23. The molecule has 1 N–H and O–H groups in total. The fourth-order valence-electron chi connectivity index (χ4n) is 2.69. The van der Waals surface area contributed by atoms with Crippen molar-refractivity contribution in [1.82, 2.24) is 4.57 Å². The van der Waals surface area contributed by atoms with Gasteiger partial charge >= 0.3 is 0 Å². The lowest BCUT2D eigenvalue weighted by molar-refractivity contribution is 0.102. The average molecular weight is 361 g/mol. The van der Waals surface area contributed by atoms with Crippen LogP contribution in [0.2, 0.25) is 5.02 Å². The van der Waals surface area contributed by atoms with Gasteiger partial charge in [-0.2, -0.15) is 0 Å². The van der Waals surface area contributed by atoms with E-state index in [4.69, 9.17) is 11.6 Å². The maximum absolute atomic E-state index is 13.7. The third-order valence-electron chi connectivity index (χ3n) is 3.90. The zero-order chi connectivity index (χ0) is 18.1. The predicted octanol–water partition coefficient (Wildman–Crippen LogP) is 5.28. The van der Waals surface area contributed by atoms with Crippen LogP contribution in [0.1, 0.15) is 21.7 Å². The lowest BCUT2D eigenvalue weighted by atomic mass is 10.1. The highest BCUT2D eigenvalue weighted by Crippen LogP contribution is 2.24. The Hall–Kier alpha value is -2.66. The first-order valence-electron chi connectivity index (χ1n) is 7.58. The molecule has 3 nitrogen and oxygen atoms in total. The molecule has 0 spiro atoms. The second kappa shape index (κ2) is 6.69. The number of hydrogen-bond donors (Lipinski definition) is 1. The second-order valence-electron chi connectivity index (χ2n) is 5.69. The molecule has 1 aromatic heterocycles. The molecule has 0 aliphatic rings. The molecule has 0 aliphatic carbocycles. The van der Waals surface area contributed by atoms with E-state index in [0.717, 1.165) is 35.3 Å². The Labute approximate surface area is 148 Å². The molecule has 3 aromatic rings. The number of carbonyl (C=O) groups excluding carboxylic acids is 1. The molecule has 25 heavy (non-hydrogen) atoms. The normalized spacial score (nSPS) is 10.8. The van der Waals surface area contributed by atoms with E-state index >= 15 is 0 Å². The summed E-state index contributed by atoms with van der Waals surface area (Å²) in [7, 11) is 0. The summed E-state index contributed by atoms with van der Waals surface area (Å²) in [6.45, 7) is 3.90. The number of nitrogens with zero attached hydrogens (tertiary/aromatic N) is 1. The van der Waals surface area contributed by atoms with Crippen molar-refractivity contribution >= 4 is 23.2 Å². The van der Waals surface area contributed by atoms with Gasteiger partial charge in [-0.3, -0.25) is 4.79 Å². The van der Waals surface area contributed by atoms with Crippen LogP contribution in [0, 0.1) is 25.5 Å². The van der Waals surface area contributed by atoms with Crippen molar-refractivity contribution in [1.29, 1.82) is 0 Å². The van der Waals surface area contributed by atoms with Crippen LogP contribution in [-0.4, -0.2) is 10.5 Å². The van der Waals surface area contributed by atoms with Gasteiger partial charge in [-0.1, -0.05) is 11.6 Å². The summed E-state index contributed by atoms with van der Waals surface area (Å²) < 4.78 is 29.0. The fraction of sp³-hybridized carbons (Fsp3) is 0.105. The number of carbonyl (C=O) groups is 1. The number of aromatic nitrogens is 1. The smallest absolute Gasteiger partial charge is 0.257 e. The number of benzene rings is 2. The van der Waals surface area contributed by atoms with Gasteiger partial charge in [0.1, 0.15) is 11.6 Å². The van der Waals surface area contributed by atoms with Gasteiger partial charge in [0.25, 0.3) is 5.91 Å². The molecule has 0 atom stereocenters. The van der Waals surface area contributed by atoms with Crippen LogP contribution in [0.5, 0.6) is 0 Å². The first-order chi connectivity index (χ1) is 11.9. The molecule has 3 rings (SSSR count).